The summed E-state index contributed by atoms with van der Waals surface area (Å²) >= 11 is 0. The van der Waals surface area contributed by atoms with Gasteiger partial charge in [0.05, 0.1) is 12.5 Å². The zero-order valence-corrected chi connectivity index (χ0v) is 14.3. The van der Waals surface area contributed by atoms with Gasteiger partial charge >= 0.3 is 5.97 Å². The van der Waals surface area contributed by atoms with Gasteiger partial charge in [-0.05, 0) is 49.8 Å². The van der Waals surface area contributed by atoms with Crippen LogP contribution < -0.4 is 10.1 Å². The van der Waals surface area contributed by atoms with Crippen molar-refractivity contribution in [2.24, 2.45) is 11.8 Å². The van der Waals surface area contributed by atoms with Gasteiger partial charge in [-0.15, -0.1) is 0 Å². The number of carboxylic acid groups (broad SMARTS) is 1. The Bertz CT molecular complexity index is 535. The van der Waals surface area contributed by atoms with E-state index in [1.165, 1.54) is 12.8 Å². The van der Waals surface area contributed by atoms with Crippen molar-refractivity contribution in [1.82, 2.24) is 5.32 Å². The van der Waals surface area contributed by atoms with Crippen LogP contribution in [0.5, 0.6) is 5.75 Å². The van der Waals surface area contributed by atoms with E-state index >= 15 is 0 Å². The third-order valence-electron chi connectivity index (χ3n) is 4.56. The lowest BCUT2D eigenvalue weighted by Crippen LogP contribution is -2.34. The van der Waals surface area contributed by atoms with Gasteiger partial charge in [0.2, 0.25) is 5.91 Å². The van der Waals surface area contributed by atoms with Crippen molar-refractivity contribution in [2.45, 2.75) is 45.4 Å². The second kappa shape index (κ2) is 9.30. The summed E-state index contributed by atoms with van der Waals surface area (Å²) in [5, 5.41) is 12.2. The lowest BCUT2D eigenvalue weighted by molar-refractivity contribution is -0.141. The number of hydrogen-bond acceptors (Lipinski definition) is 3. The molecule has 1 saturated carbocycles. The van der Waals surface area contributed by atoms with E-state index in [0.29, 0.717) is 25.4 Å². The molecule has 0 bridgehead atoms. The summed E-state index contributed by atoms with van der Waals surface area (Å²) in [5.74, 6) is -0.280. The molecule has 1 aliphatic rings. The summed E-state index contributed by atoms with van der Waals surface area (Å²) in [6.45, 7) is 2.70. The second-order valence-electron chi connectivity index (χ2n) is 6.47. The van der Waals surface area contributed by atoms with Crippen LogP contribution in [0, 0.1) is 11.8 Å². The number of carboxylic acids is 1. The number of carbonyl (C=O) groups excluding carboxylic acids is 1. The second-order valence-corrected chi connectivity index (χ2v) is 6.47. The van der Waals surface area contributed by atoms with Crippen LogP contribution in [0.2, 0.25) is 0 Å². The van der Waals surface area contributed by atoms with Gasteiger partial charge in [0, 0.05) is 13.0 Å². The van der Waals surface area contributed by atoms with Gasteiger partial charge in [0.15, 0.2) is 0 Å². The molecule has 1 unspecified atom stereocenters. The molecule has 0 heterocycles. The molecule has 1 amide bonds. The molecule has 132 valence electrons. The lowest BCUT2D eigenvalue weighted by Gasteiger charge is -2.15. The highest BCUT2D eigenvalue weighted by molar-refractivity contribution is 5.77. The molecule has 0 saturated heterocycles. The van der Waals surface area contributed by atoms with Crippen molar-refractivity contribution >= 4 is 11.9 Å². The van der Waals surface area contributed by atoms with Crippen LogP contribution >= 0.6 is 0 Å². The molecule has 5 nitrogen and oxygen atoms in total. The average Bonchev–Trinajstić information content (AvgIpc) is 3.06. The van der Waals surface area contributed by atoms with Crippen LogP contribution in [0.4, 0.5) is 0 Å². The molecule has 0 aliphatic heterocycles. The van der Waals surface area contributed by atoms with Gasteiger partial charge in [-0.2, -0.15) is 0 Å². The summed E-state index contributed by atoms with van der Waals surface area (Å²) in [6, 6.07) is 7.44. The fourth-order valence-corrected chi connectivity index (χ4v) is 3.21. The van der Waals surface area contributed by atoms with Crippen LogP contribution in [-0.2, 0) is 16.0 Å². The van der Waals surface area contributed by atoms with E-state index in [1.807, 2.05) is 31.2 Å². The first-order chi connectivity index (χ1) is 11.6. The molecule has 0 radical (unpaired) electrons. The fraction of sp³-hybridized carbons (Fsp3) is 0.579. The van der Waals surface area contributed by atoms with E-state index in [1.54, 1.807) is 0 Å². The topological polar surface area (TPSA) is 75.6 Å². The van der Waals surface area contributed by atoms with E-state index in [4.69, 9.17) is 4.74 Å². The molecule has 5 heteroatoms. The smallest absolute Gasteiger partial charge is 0.308 e. The molecule has 24 heavy (non-hydrogen) atoms. The highest BCUT2D eigenvalue weighted by Gasteiger charge is 2.21. The van der Waals surface area contributed by atoms with Crippen LogP contribution in [0.1, 0.15) is 44.6 Å². The Labute approximate surface area is 143 Å². The van der Waals surface area contributed by atoms with Crippen LogP contribution in [0.25, 0.3) is 0 Å². The molecule has 1 aromatic rings. The number of nitrogens with one attached hydrogen (secondary N) is 1. The van der Waals surface area contributed by atoms with Gasteiger partial charge in [-0.1, -0.05) is 25.0 Å². The van der Waals surface area contributed by atoms with Crippen LogP contribution in [-0.4, -0.2) is 30.1 Å². The Hall–Kier alpha value is -2.04. The van der Waals surface area contributed by atoms with Crippen LogP contribution in [0.15, 0.2) is 24.3 Å². The predicted octanol–water partition coefficient (Wildman–Crippen LogP) is 3.03. The third-order valence-corrected chi connectivity index (χ3v) is 4.56. The summed E-state index contributed by atoms with van der Waals surface area (Å²) < 4.78 is 5.38. The van der Waals surface area contributed by atoms with E-state index in [0.717, 1.165) is 24.2 Å². The van der Waals surface area contributed by atoms with E-state index in [9.17, 15) is 14.7 Å². The Kier molecular flexibility index (Phi) is 7.09. The SMILES string of the molecule is CCOc1ccc(CC(CNC(=O)CC2CCCC2)C(=O)O)cc1. The van der Waals surface area contributed by atoms with Gasteiger partial charge in [-0.25, -0.2) is 0 Å². The first kappa shape index (κ1) is 18.3. The van der Waals surface area contributed by atoms with Crippen molar-refractivity contribution in [3.63, 3.8) is 0 Å². The quantitative estimate of drug-likeness (QED) is 0.728. The van der Waals surface area contributed by atoms with E-state index < -0.39 is 11.9 Å². The Morgan fingerprint density at radius 2 is 1.92 bits per heavy atom. The maximum absolute atomic E-state index is 12.0. The average molecular weight is 333 g/mol. The summed E-state index contributed by atoms with van der Waals surface area (Å²) in [5.41, 5.74) is 0.927. The molecular weight excluding hydrogens is 306 g/mol. The number of ether oxygens (including phenoxy) is 1. The zero-order valence-electron chi connectivity index (χ0n) is 14.3. The number of benzene rings is 1. The molecule has 1 atom stereocenters. The van der Waals surface area contributed by atoms with Gasteiger partial charge in [-0.3, -0.25) is 9.59 Å². The minimum Gasteiger partial charge on any atom is -0.494 e. The van der Waals surface area contributed by atoms with Gasteiger partial charge in [0.1, 0.15) is 5.75 Å². The summed E-state index contributed by atoms with van der Waals surface area (Å²) in [4.78, 5) is 23.4. The maximum atomic E-state index is 12.0. The van der Waals surface area contributed by atoms with Crippen LogP contribution in [0.3, 0.4) is 0 Å². The molecule has 2 N–H and O–H groups in total. The van der Waals surface area contributed by atoms with E-state index in [-0.39, 0.29) is 12.5 Å². The Morgan fingerprint density at radius 1 is 1.25 bits per heavy atom. The molecule has 1 fully saturated rings. The summed E-state index contributed by atoms with van der Waals surface area (Å²) in [6.07, 6.45) is 5.55. The fourth-order valence-electron chi connectivity index (χ4n) is 3.21. The molecule has 0 aromatic heterocycles. The Balaban J connectivity index is 1.82. The number of carbonyl (C=O) groups is 2. The standard InChI is InChI=1S/C19H27NO4/c1-2-24-17-9-7-15(8-10-17)11-16(19(22)23)13-20-18(21)12-14-5-3-4-6-14/h7-10,14,16H,2-6,11-13H2,1H3,(H,20,21)(H,22,23). The normalized spacial score (nSPS) is 15.9. The van der Waals surface area contributed by atoms with E-state index in [2.05, 4.69) is 5.32 Å². The Morgan fingerprint density at radius 3 is 2.50 bits per heavy atom. The van der Waals surface area contributed by atoms with Crippen molar-refractivity contribution in [1.29, 1.82) is 0 Å². The molecule has 2 rings (SSSR count). The minimum atomic E-state index is -0.884. The predicted molar refractivity (Wildman–Crippen MR) is 92.0 cm³/mol. The number of rotatable bonds is 9. The summed E-state index contributed by atoms with van der Waals surface area (Å²) in [7, 11) is 0. The van der Waals surface area contributed by atoms with Crippen molar-refractivity contribution < 1.29 is 19.4 Å². The highest BCUT2D eigenvalue weighted by atomic mass is 16.5. The largest absolute Gasteiger partial charge is 0.494 e. The molecule has 1 aliphatic carbocycles. The van der Waals surface area contributed by atoms with Gasteiger partial charge < -0.3 is 15.2 Å². The van der Waals surface area contributed by atoms with Crippen molar-refractivity contribution in [3.05, 3.63) is 29.8 Å². The number of aliphatic carboxylic acids is 1. The van der Waals surface area contributed by atoms with Crippen molar-refractivity contribution in [3.8, 4) is 5.75 Å². The minimum absolute atomic E-state index is 0.0279. The molecule has 1 aromatic carbocycles. The highest BCUT2D eigenvalue weighted by Crippen LogP contribution is 2.27. The monoisotopic (exact) mass is 333 g/mol. The number of amides is 1. The molecular formula is C19H27NO4. The first-order valence-corrected chi connectivity index (χ1v) is 8.79. The number of hydrogen-bond donors (Lipinski definition) is 2. The maximum Gasteiger partial charge on any atom is 0.308 e. The zero-order chi connectivity index (χ0) is 17.4. The molecule has 0 spiro atoms. The van der Waals surface area contributed by atoms with Crippen molar-refractivity contribution in [2.75, 3.05) is 13.2 Å². The first-order valence-electron chi connectivity index (χ1n) is 8.79. The third kappa shape index (κ3) is 5.87. The van der Waals surface area contributed by atoms with Gasteiger partial charge in [0.25, 0.3) is 0 Å². The lowest BCUT2D eigenvalue weighted by atomic mass is 9.98.